The monoisotopic (exact) mass is 496 g/mol. The van der Waals surface area contributed by atoms with E-state index in [1.165, 1.54) is 0 Å². The lowest BCUT2D eigenvalue weighted by Crippen LogP contribution is -2.40. The number of esters is 3. The highest BCUT2D eigenvalue weighted by molar-refractivity contribution is 9.10. The first-order valence-electron chi connectivity index (χ1n) is 10.1. The number of carbonyl (C=O) groups excluding carboxylic acids is 5. The summed E-state index contributed by atoms with van der Waals surface area (Å²) in [5.41, 5.74) is 0.542. The average Bonchev–Trinajstić information content (AvgIpc) is 3.01. The molecular formula is C22H25BrO8. The van der Waals surface area contributed by atoms with Gasteiger partial charge in [-0.3, -0.25) is 19.2 Å². The fourth-order valence-corrected chi connectivity index (χ4v) is 4.29. The van der Waals surface area contributed by atoms with Crippen LogP contribution in [0.3, 0.4) is 0 Å². The molecule has 168 valence electrons. The van der Waals surface area contributed by atoms with Crippen LogP contribution in [-0.2, 0) is 38.2 Å². The van der Waals surface area contributed by atoms with Gasteiger partial charge in [-0.05, 0) is 38.5 Å². The third kappa shape index (κ3) is 5.20. The van der Waals surface area contributed by atoms with Gasteiger partial charge in [-0.15, -0.1) is 0 Å². The van der Waals surface area contributed by atoms with E-state index in [1.807, 2.05) is 0 Å². The molecule has 4 atom stereocenters. The van der Waals surface area contributed by atoms with Crippen LogP contribution in [0.2, 0.25) is 0 Å². The minimum Gasteiger partial charge on any atom is -0.465 e. The van der Waals surface area contributed by atoms with Crippen molar-refractivity contribution in [2.75, 3.05) is 19.8 Å². The van der Waals surface area contributed by atoms with Crippen LogP contribution in [0.15, 0.2) is 28.7 Å². The second-order valence-electron chi connectivity index (χ2n) is 6.93. The van der Waals surface area contributed by atoms with Crippen molar-refractivity contribution in [1.29, 1.82) is 0 Å². The summed E-state index contributed by atoms with van der Waals surface area (Å²) in [5.74, 6) is -9.87. The van der Waals surface area contributed by atoms with Gasteiger partial charge in [-0.2, -0.15) is 0 Å². The number of carbonyl (C=O) groups is 5. The van der Waals surface area contributed by atoms with Crippen molar-refractivity contribution in [1.82, 2.24) is 0 Å². The van der Waals surface area contributed by atoms with E-state index in [1.54, 1.807) is 45.0 Å². The highest BCUT2D eigenvalue weighted by Crippen LogP contribution is 2.48. The van der Waals surface area contributed by atoms with Gasteiger partial charge in [0.1, 0.15) is 12.2 Å². The van der Waals surface area contributed by atoms with Crippen LogP contribution in [0.1, 0.15) is 32.3 Å². The Labute approximate surface area is 188 Å². The molecule has 1 saturated carbocycles. The first kappa shape index (κ1) is 24.7. The molecule has 0 N–H and O–H groups in total. The zero-order valence-corrected chi connectivity index (χ0v) is 19.1. The molecule has 0 saturated heterocycles. The zero-order chi connectivity index (χ0) is 23.1. The number of benzene rings is 1. The maximum Gasteiger partial charge on any atom is 0.321 e. The molecule has 1 fully saturated rings. The minimum atomic E-state index is -1.65. The van der Waals surface area contributed by atoms with Crippen LogP contribution in [-0.4, -0.2) is 49.8 Å². The molecule has 0 radical (unpaired) electrons. The third-order valence-corrected chi connectivity index (χ3v) is 5.74. The van der Waals surface area contributed by atoms with Crippen LogP contribution in [0.5, 0.6) is 0 Å². The zero-order valence-electron chi connectivity index (χ0n) is 17.5. The molecular weight excluding hydrogens is 472 g/mol. The van der Waals surface area contributed by atoms with Crippen molar-refractivity contribution < 1.29 is 38.2 Å². The summed E-state index contributed by atoms with van der Waals surface area (Å²) < 4.78 is 15.8. The fourth-order valence-electron chi connectivity index (χ4n) is 4.02. The summed E-state index contributed by atoms with van der Waals surface area (Å²) in [5, 5.41) is 0. The number of Topliss-reactive ketones (excluding diaryl/α,β-unsaturated/α-hetero) is 1. The molecule has 1 aliphatic carbocycles. The van der Waals surface area contributed by atoms with Crippen molar-refractivity contribution in [3.05, 3.63) is 34.3 Å². The van der Waals surface area contributed by atoms with E-state index in [4.69, 9.17) is 14.2 Å². The minimum absolute atomic E-state index is 0.0289. The smallest absolute Gasteiger partial charge is 0.321 e. The summed E-state index contributed by atoms with van der Waals surface area (Å²) in [4.78, 5) is 63.6. The largest absolute Gasteiger partial charge is 0.465 e. The van der Waals surface area contributed by atoms with Crippen LogP contribution < -0.4 is 0 Å². The summed E-state index contributed by atoms with van der Waals surface area (Å²) >= 11 is 3.32. The quantitative estimate of drug-likeness (QED) is 0.221. The Bertz CT molecular complexity index is 816. The van der Waals surface area contributed by atoms with Crippen molar-refractivity contribution >= 4 is 45.9 Å². The number of hydrogen-bond acceptors (Lipinski definition) is 8. The lowest BCUT2D eigenvalue weighted by molar-refractivity contribution is -0.167. The Morgan fingerprint density at radius 3 is 1.94 bits per heavy atom. The molecule has 0 aromatic heterocycles. The molecule has 2 rings (SSSR count). The van der Waals surface area contributed by atoms with Gasteiger partial charge in [0.15, 0.2) is 11.7 Å². The lowest BCUT2D eigenvalue weighted by atomic mass is 9.78. The first-order valence-corrected chi connectivity index (χ1v) is 10.9. The van der Waals surface area contributed by atoms with E-state index >= 15 is 0 Å². The predicted molar refractivity (Wildman–Crippen MR) is 112 cm³/mol. The number of hydrogen-bond donors (Lipinski definition) is 0. The van der Waals surface area contributed by atoms with Gasteiger partial charge >= 0.3 is 17.9 Å². The Balaban J connectivity index is 2.62. The van der Waals surface area contributed by atoms with Gasteiger partial charge in [-0.1, -0.05) is 28.1 Å². The molecule has 8 nitrogen and oxygen atoms in total. The van der Waals surface area contributed by atoms with Crippen molar-refractivity contribution in [2.24, 2.45) is 23.7 Å². The molecule has 0 amide bonds. The van der Waals surface area contributed by atoms with Crippen LogP contribution in [0.4, 0.5) is 0 Å². The van der Waals surface area contributed by atoms with Crippen molar-refractivity contribution in [3.63, 3.8) is 0 Å². The van der Waals surface area contributed by atoms with E-state index in [0.29, 0.717) is 11.8 Å². The maximum absolute atomic E-state index is 13.4. The predicted octanol–water partition coefficient (Wildman–Crippen LogP) is 2.47. The summed E-state index contributed by atoms with van der Waals surface area (Å²) in [6.45, 7) is 4.68. The van der Waals surface area contributed by atoms with E-state index < -0.39 is 53.3 Å². The van der Waals surface area contributed by atoms with Crippen LogP contribution in [0.25, 0.3) is 0 Å². The van der Waals surface area contributed by atoms with Gasteiger partial charge in [0.05, 0.1) is 25.7 Å². The molecule has 0 heterocycles. The molecule has 31 heavy (non-hydrogen) atoms. The summed E-state index contributed by atoms with van der Waals surface area (Å²) in [6.07, 6.45) is 0.514. The number of ether oxygens (including phenoxy) is 3. The lowest BCUT2D eigenvalue weighted by Gasteiger charge is -2.24. The molecule has 1 aromatic carbocycles. The van der Waals surface area contributed by atoms with E-state index in [-0.39, 0.29) is 19.8 Å². The normalized spacial score (nSPS) is 22.8. The Hall–Kier alpha value is -2.55. The molecule has 1 aliphatic rings. The Morgan fingerprint density at radius 1 is 0.968 bits per heavy atom. The Morgan fingerprint density at radius 2 is 1.48 bits per heavy atom. The van der Waals surface area contributed by atoms with Gasteiger partial charge in [0.2, 0.25) is 0 Å². The highest BCUT2D eigenvalue weighted by atomic mass is 79.9. The molecule has 0 spiro atoms. The number of halogens is 1. The summed E-state index contributed by atoms with van der Waals surface area (Å²) in [7, 11) is 0. The average molecular weight is 497 g/mol. The molecule has 9 heteroatoms. The van der Waals surface area contributed by atoms with Gasteiger partial charge in [0.25, 0.3) is 0 Å². The number of aldehydes is 1. The van der Waals surface area contributed by atoms with Crippen molar-refractivity contribution in [2.45, 2.75) is 26.7 Å². The number of ketones is 1. The van der Waals surface area contributed by atoms with Crippen molar-refractivity contribution in [3.8, 4) is 0 Å². The molecule has 0 unspecified atom stereocenters. The molecule has 0 aliphatic heterocycles. The SMILES string of the molecule is CCOC(=O)C(C(=O)OCC)[C@@H]1C(=O)[C@@H](C(=O)OCC)[C@H](c2ccc(Br)cc2)[C@H]1C=O. The Kier molecular flexibility index (Phi) is 8.91. The fraction of sp³-hybridized carbons (Fsp3) is 0.500. The van der Waals surface area contributed by atoms with Crippen LogP contribution >= 0.6 is 15.9 Å². The standard InChI is InChI=1S/C22H25BrO8/c1-4-29-20(26)17-15(12-7-9-13(23)10-8-12)14(11-24)16(19(17)25)18(21(27)30-5-2)22(28)31-6-3/h7-11,14-18H,4-6H2,1-3H3/t14-,15-,16-,17+/m1/s1. The number of rotatable bonds is 9. The molecule has 1 aromatic rings. The van der Waals surface area contributed by atoms with Crippen LogP contribution in [0, 0.1) is 23.7 Å². The summed E-state index contributed by atoms with van der Waals surface area (Å²) in [6, 6.07) is 6.78. The van der Waals surface area contributed by atoms with E-state index in [9.17, 15) is 24.0 Å². The van der Waals surface area contributed by atoms with Gasteiger partial charge in [-0.25, -0.2) is 0 Å². The second kappa shape index (κ2) is 11.2. The first-order chi connectivity index (χ1) is 14.8. The van der Waals surface area contributed by atoms with E-state index in [0.717, 1.165) is 4.47 Å². The topological polar surface area (TPSA) is 113 Å². The second-order valence-corrected chi connectivity index (χ2v) is 7.85. The molecule has 0 bridgehead atoms. The van der Waals surface area contributed by atoms with E-state index in [2.05, 4.69) is 15.9 Å². The highest BCUT2D eigenvalue weighted by Gasteiger charge is 2.60. The van der Waals surface area contributed by atoms with Gasteiger partial charge < -0.3 is 19.0 Å². The maximum atomic E-state index is 13.4. The third-order valence-electron chi connectivity index (χ3n) is 5.22. The van der Waals surface area contributed by atoms with Gasteiger partial charge in [0, 0.05) is 16.3 Å².